The maximum absolute atomic E-state index is 10.4. The van der Waals surface area contributed by atoms with Gasteiger partial charge in [0.2, 0.25) is 0 Å². The molecule has 0 saturated carbocycles. The highest BCUT2D eigenvalue weighted by Gasteiger charge is 2.01. The third-order valence-electron chi connectivity index (χ3n) is 1.74. The first-order chi connectivity index (χ1) is 7.00. The van der Waals surface area contributed by atoms with Gasteiger partial charge in [-0.05, 0) is 30.7 Å². The summed E-state index contributed by atoms with van der Waals surface area (Å²) in [5.41, 5.74) is 14.0. The van der Waals surface area contributed by atoms with Crippen LogP contribution < -0.4 is 16.9 Å². The quantitative estimate of drug-likeness (QED) is 0.398. The van der Waals surface area contributed by atoms with Crippen LogP contribution in [0.2, 0.25) is 5.02 Å². The summed E-state index contributed by atoms with van der Waals surface area (Å²) in [4.78, 5) is 10.4. The molecule has 1 rings (SSSR count). The van der Waals surface area contributed by atoms with E-state index in [0.29, 0.717) is 10.6 Å². The van der Waals surface area contributed by atoms with E-state index in [2.05, 4.69) is 5.10 Å². The van der Waals surface area contributed by atoms with E-state index >= 15 is 0 Å². The molecule has 5 N–H and O–H groups in total. The zero-order chi connectivity index (χ0) is 11.4. The lowest BCUT2D eigenvalue weighted by atomic mass is 10.1. The number of carbonyl (C=O) groups is 1. The Hall–Kier alpha value is -1.75. The molecule has 1 aromatic rings. The van der Waals surface area contributed by atoms with Crippen molar-refractivity contribution in [1.82, 2.24) is 5.43 Å². The van der Waals surface area contributed by atoms with Crippen molar-refractivity contribution in [3.8, 4) is 0 Å². The zero-order valence-electron chi connectivity index (χ0n) is 8.12. The largest absolute Gasteiger partial charge is 0.382 e. The number of hydrazone groups is 1. The highest BCUT2D eigenvalue weighted by molar-refractivity contribution is 6.31. The molecule has 0 fully saturated rings. The minimum atomic E-state index is -0.761. The summed E-state index contributed by atoms with van der Waals surface area (Å²) in [6.07, 6.45) is 0. The van der Waals surface area contributed by atoms with Gasteiger partial charge < -0.3 is 11.5 Å². The Kier molecular flexibility index (Phi) is 3.51. The second kappa shape index (κ2) is 4.65. The number of nitrogens with zero attached hydrogens (tertiary/aromatic N) is 1. The monoisotopic (exact) mass is 226 g/mol. The van der Waals surface area contributed by atoms with E-state index in [-0.39, 0.29) is 5.84 Å². The standard InChI is InChI=1S/C9H11ClN4O/c1-5-4-6(2-3-7(5)10)8(11)13-14-9(12)15/h2-4H,1H3,(H2,11,13)(H3,12,14,15). The Morgan fingerprint density at radius 2 is 2.13 bits per heavy atom. The second-order valence-corrected chi connectivity index (χ2v) is 3.34. The molecule has 0 atom stereocenters. The van der Waals surface area contributed by atoms with E-state index in [1.807, 2.05) is 12.3 Å². The Labute approximate surface area is 92.1 Å². The Bertz CT molecular complexity index is 417. The number of amides is 2. The third-order valence-corrected chi connectivity index (χ3v) is 2.16. The van der Waals surface area contributed by atoms with E-state index in [0.717, 1.165) is 5.56 Å². The number of aryl methyl sites for hydroxylation is 1. The molecule has 6 heteroatoms. The molecule has 0 aromatic heterocycles. The molecule has 0 aliphatic heterocycles. The van der Waals surface area contributed by atoms with Gasteiger partial charge in [-0.25, -0.2) is 10.2 Å². The van der Waals surface area contributed by atoms with Crippen LogP contribution in [-0.2, 0) is 0 Å². The van der Waals surface area contributed by atoms with E-state index in [1.54, 1.807) is 18.2 Å². The molecule has 0 unspecified atom stereocenters. The Morgan fingerprint density at radius 3 is 2.67 bits per heavy atom. The van der Waals surface area contributed by atoms with Gasteiger partial charge in [-0.15, -0.1) is 0 Å². The fourth-order valence-corrected chi connectivity index (χ4v) is 1.10. The van der Waals surface area contributed by atoms with Crippen LogP contribution in [0.25, 0.3) is 0 Å². The maximum Gasteiger partial charge on any atom is 0.332 e. The van der Waals surface area contributed by atoms with Gasteiger partial charge >= 0.3 is 6.03 Å². The fraction of sp³-hybridized carbons (Fsp3) is 0.111. The molecular weight excluding hydrogens is 216 g/mol. The number of amidine groups is 1. The summed E-state index contributed by atoms with van der Waals surface area (Å²) >= 11 is 5.84. The maximum atomic E-state index is 10.4. The van der Waals surface area contributed by atoms with E-state index < -0.39 is 6.03 Å². The molecule has 2 amide bonds. The number of hydrogen-bond acceptors (Lipinski definition) is 2. The van der Waals surface area contributed by atoms with Crippen molar-refractivity contribution in [3.05, 3.63) is 34.3 Å². The molecule has 0 aliphatic carbocycles. The molecule has 0 heterocycles. The number of hydrogen-bond donors (Lipinski definition) is 3. The van der Waals surface area contributed by atoms with Crippen LogP contribution >= 0.6 is 11.6 Å². The predicted molar refractivity (Wildman–Crippen MR) is 59.6 cm³/mol. The topological polar surface area (TPSA) is 93.5 Å². The lowest BCUT2D eigenvalue weighted by molar-refractivity contribution is 0.249. The van der Waals surface area contributed by atoms with Gasteiger partial charge in [-0.2, -0.15) is 5.10 Å². The number of primary amides is 1. The van der Waals surface area contributed by atoms with Crippen LogP contribution in [0.15, 0.2) is 23.3 Å². The van der Waals surface area contributed by atoms with Gasteiger partial charge in [0.05, 0.1) is 0 Å². The number of carbonyl (C=O) groups excluding carboxylic acids is 1. The molecule has 1 aromatic carbocycles. The molecule has 5 nitrogen and oxygen atoms in total. The van der Waals surface area contributed by atoms with Crippen molar-refractivity contribution in [2.75, 3.05) is 0 Å². The number of rotatable bonds is 2. The molecule has 0 radical (unpaired) electrons. The first kappa shape index (κ1) is 11.3. The number of nitrogens with two attached hydrogens (primary N) is 2. The average Bonchev–Trinajstić information content (AvgIpc) is 2.18. The van der Waals surface area contributed by atoms with Crippen molar-refractivity contribution < 1.29 is 4.79 Å². The summed E-state index contributed by atoms with van der Waals surface area (Å²) in [7, 11) is 0. The SMILES string of the molecule is Cc1cc(/C(N)=N\NC(N)=O)ccc1Cl. The fourth-order valence-electron chi connectivity index (χ4n) is 0.984. The summed E-state index contributed by atoms with van der Waals surface area (Å²) in [6, 6.07) is 4.42. The summed E-state index contributed by atoms with van der Waals surface area (Å²) in [5, 5.41) is 4.24. The highest BCUT2D eigenvalue weighted by Crippen LogP contribution is 2.15. The van der Waals surface area contributed by atoms with Crippen LogP contribution in [-0.4, -0.2) is 11.9 Å². The smallest absolute Gasteiger partial charge is 0.332 e. The zero-order valence-corrected chi connectivity index (χ0v) is 8.88. The predicted octanol–water partition coefficient (Wildman–Crippen LogP) is 0.937. The van der Waals surface area contributed by atoms with Crippen molar-refractivity contribution in [3.63, 3.8) is 0 Å². The minimum absolute atomic E-state index is 0.175. The van der Waals surface area contributed by atoms with Crippen molar-refractivity contribution in [2.45, 2.75) is 6.92 Å². The summed E-state index contributed by atoms with van der Waals surface area (Å²) in [5.74, 6) is 0.175. The number of nitrogens with one attached hydrogen (secondary N) is 1. The molecule has 0 aliphatic rings. The normalized spacial score (nSPS) is 11.2. The van der Waals surface area contributed by atoms with Crippen molar-refractivity contribution >= 4 is 23.5 Å². The van der Waals surface area contributed by atoms with Gasteiger partial charge in [0.25, 0.3) is 0 Å². The second-order valence-electron chi connectivity index (χ2n) is 2.94. The van der Waals surface area contributed by atoms with E-state index in [4.69, 9.17) is 23.1 Å². The number of urea groups is 1. The molecule has 0 spiro atoms. The van der Waals surface area contributed by atoms with Crippen LogP contribution in [0, 0.1) is 6.92 Å². The van der Waals surface area contributed by atoms with Crippen LogP contribution in [0.4, 0.5) is 4.79 Å². The van der Waals surface area contributed by atoms with Gasteiger partial charge in [0.15, 0.2) is 5.84 Å². The highest BCUT2D eigenvalue weighted by atomic mass is 35.5. The van der Waals surface area contributed by atoms with Gasteiger partial charge in [0, 0.05) is 10.6 Å². The molecular formula is C9H11ClN4O. The third kappa shape index (κ3) is 3.14. The van der Waals surface area contributed by atoms with Gasteiger partial charge in [-0.3, -0.25) is 0 Å². The Morgan fingerprint density at radius 1 is 1.47 bits per heavy atom. The number of halogens is 1. The minimum Gasteiger partial charge on any atom is -0.382 e. The summed E-state index contributed by atoms with van der Waals surface area (Å²) < 4.78 is 0. The van der Waals surface area contributed by atoms with E-state index in [1.165, 1.54) is 0 Å². The molecule has 15 heavy (non-hydrogen) atoms. The lowest BCUT2D eigenvalue weighted by Gasteiger charge is -2.03. The lowest BCUT2D eigenvalue weighted by Crippen LogP contribution is -2.28. The first-order valence-electron chi connectivity index (χ1n) is 4.16. The van der Waals surface area contributed by atoms with Crippen LogP contribution in [0.3, 0.4) is 0 Å². The number of benzene rings is 1. The van der Waals surface area contributed by atoms with Crippen LogP contribution in [0.1, 0.15) is 11.1 Å². The van der Waals surface area contributed by atoms with Crippen LogP contribution in [0.5, 0.6) is 0 Å². The van der Waals surface area contributed by atoms with Gasteiger partial charge in [0.1, 0.15) is 0 Å². The Balaban J connectivity index is 2.91. The molecule has 80 valence electrons. The molecule has 0 bridgehead atoms. The van der Waals surface area contributed by atoms with E-state index in [9.17, 15) is 4.79 Å². The van der Waals surface area contributed by atoms with Crippen molar-refractivity contribution in [1.29, 1.82) is 0 Å². The first-order valence-corrected chi connectivity index (χ1v) is 4.53. The van der Waals surface area contributed by atoms with Gasteiger partial charge in [-0.1, -0.05) is 11.6 Å². The average molecular weight is 227 g/mol. The van der Waals surface area contributed by atoms with Crippen molar-refractivity contribution in [2.24, 2.45) is 16.6 Å². The summed E-state index contributed by atoms with van der Waals surface area (Å²) in [6.45, 7) is 1.85. The molecule has 0 saturated heterocycles.